The predicted octanol–water partition coefficient (Wildman–Crippen LogP) is -0.905. The van der Waals surface area contributed by atoms with E-state index in [1.807, 2.05) is 0 Å². The third-order valence-corrected chi connectivity index (χ3v) is 1.22. The van der Waals surface area contributed by atoms with Crippen molar-refractivity contribution in [2.24, 2.45) is 5.73 Å². The summed E-state index contributed by atoms with van der Waals surface area (Å²) in [5, 5.41) is 8.87. The highest BCUT2D eigenvalue weighted by Gasteiger charge is 2.16. The van der Waals surface area contributed by atoms with E-state index in [2.05, 4.69) is 0 Å². The maximum atomic E-state index is 8.87. The van der Waals surface area contributed by atoms with E-state index in [-0.39, 0.29) is 12.1 Å². The molecule has 0 saturated carbocycles. The van der Waals surface area contributed by atoms with Gasteiger partial charge in [0, 0.05) is 6.04 Å². The van der Waals surface area contributed by atoms with Crippen molar-refractivity contribution in [3.05, 3.63) is 0 Å². The number of aliphatic hydroxyl groups excluding tert-OH is 1. The van der Waals surface area contributed by atoms with Gasteiger partial charge in [-0.25, -0.2) is 0 Å². The summed E-state index contributed by atoms with van der Waals surface area (Å²) in [5.74, 6) is 0. The average molecular weight is 117 g/mol. The molecule has 3 nitrogen and oxygen atoms in total. The van der Waals surface area contributed by atoms with Crippen LogP contribution in [-0.2, 0) is 4.74 Å². The van der Waals surface area contributed by atoms with Gasteiger partial charge in [-0.05, 0) is 6.42 Å². The summed E-state index contributed by atoms with van der Waals surface area (Å²) in [5.41, 5.74) is 5.44. The van der Waals surface area contributed by atoms with Crippen molar-refractivity contribution in [2.75, 3.05) is 13.2 Å². The quantitative estimate of drug-likeness (QED) is 0.432. The van der Waals surface area contributed by atoms with Crippen molar-refractivity contribution in [1.29, 1.82) is 0 Å². The summed E-state index contributed by atoms with van der Waals surface area (Å²) in [6.45, 7) is 1.05. The Kier molecular flexibility index (Phi) is 1.83. The molecule has 0 aromatic carbocycles. The fourth-order valence-electron chi connectivity index (χ4n) is 0.841. The Bertz CT molecular complexity index is 68.8. The lowest BCUT2D eigenvalue weighted by Crippen LogP contribution is -2.38. The minimum Gasteiger partial charge on any atom is -0.391 e. The molecule has 0 bridgehead atoms. The van der Waals surface area contributed by atoms with Gasteiger partial charge in [0.2, 0.25) is 0 Å². The van der Waals surface area contributed by atoms with Gasteiger partial charge in [0.15, 0.2) is 0 Å². The van der Waals surface area contributed by atoms with Gasteiger partial charge < -0.3 is 15.6 Å². The summed E-state index contributed by atoms with van der Waals surface area (Å²) in [7, 11) is 0. The molecule has 1 fully saturated rings. The molecule has 0 unspecified atom stereocenters. The highest BCUT2D eigenvalue weighted by Crippen LogP contribution is 2.03. The molecule has 1 aliphatic heterocycles. The van der Waals surface area contributed by atoms with Crippen molar-refractivity contribution < 1.29 is 9.84 Å². The molecule has 0 aromatic rings. The molecule has 0 radical (unpaired) electrons. The first-order valence-corrected chi connectivity index (χ1v) is 2.80. The Hall–Kier alpha value is -0.120. The van der Waals surface area contributed by atoms with E-state index in [1.54, 1.807) is 0 Å². The summed E-state index contributed by atoms with van der Waals surface area (Å²) in [6.07, 6.45) is 0.346. The number of nitrogens with two attached hydrogens (primary N) is 1. The Morgan fingerprint density at radius 2 is 2.25 bits per heavy atom. The van der Waals surface area contributed by atoms with Crippen molar-refractivity contribution >= 4 is 0 Å². The van der Waals surface area contributed by atoms with Gasteiger partial charge in [-0.15, -0.1) is 0 Å². The third kappa shape index (κ3) is 1.43. The molecule has 3 N–H and O–H groups in total. The highest BCUT2D eigenvalue weighted by molar-refractivity contribution is 4.70. The Morgan fingerprint density at radius 1 is 1.50 bits per heavy atom. The Labute approximate surface area is 48.4 Å². The maximum Gasteiger partial charge on any atom is 0.0789 e. The molecule has 1 heterocycles. The van der Waals surface area contributed by atoms with Gasteiger partial charge in [0.05, 0.1) is 19.3 Å². The zero-order chi connectivity index (χ0) is 5.98. The van der Waals surface area contributed by atoms with Crippen LogP contribution in [0.3, 0.4) is 0 Å². The highest BCUT2D eigenvalue weighted by atomic mass is 16.5. The molecule has 0 spiro atoms. The standard InChI is InChI=1S/C5H11NO2/c6-4-1-5(7)3-8-2-4/h4-5,7H,1-3,6H2/t4-,5+/m1/s1. The molecular weight excluding hydrogens is 106 g/mol. The largest absolute Gasteiger partial charge is 0.391 e. The van der Waals surface area contributed by atoms with Gasteiger partial charge in [-0.1, -0.05) is 0 Å². The van der Waals surface area contributed by atoms with E-state index >= 15 is 0 Å². The summed E-state index contributed by atoms with van der Waals surface area (Å²) in [6, 6.07) is 0.0405. The summed E-state index contributed by atoms with van der Waals surface area (Å²) in [4.78, 5) is 0. The van der Waals surface area contributed by atoms with Gasteiger partial charge in [-0.2, -0.15) is 0 Å². The van der Waals surface area contributed by atoms with E-state index in [9.17, 15) is 0 Å². The van der Waals surface area contributed by atoms with Crippen LogP contribution in [0.4, 0.5) is 0 Å². The van der Waals surface area contributed by atoms with Crippen LogP contribution in [0.2, 0.25) is 0 Å². The van der Waals surface area contributed by atoms with E-state index < -0.39 is 0 Å². The van der Waals surface area contributed by atoms with E-state index in [0.29, 0.717) is 19.6 Å². The first-order valence-electron chi connectivity index (χ1n) is 2.80. The summed E-state index contributed by atoms with van der Waals surface area (Å²) >= 11 is 0. The molecule has 1 rings (SSSR count). The van der Waals surface area contributed by atoms with Gasteiger partial charge in [-0.3, -0.25) is 0 Å². The molecule has 0 amide bonds. The zero-order valence-corrected chi connectivity index (χ0v) is 4.71. The second-order valence-electron chi connectivity index (χ2n) is 2.19. The Balaban J connectivity index is 2.23. The average Bonchev–Trinajstić information content (AvgIpc) is 1.64. The minimum absolute atomic E-state index is 0.0405. The van der Waals surface area contributed by atoms with Crippen LogP contribution >= 0.6 is 0 Å². The van der Waals surface area contributed by atoms with Gasteiger partial charge in [0.25, 0.3) is 0 Å². The molecule has 0 aromatic heterocycles. The van der Waals surface area contributed by atoms with Crippen LogP contribution in [-0.4, -0.2) is 30.5 Å². The first kappa shape index (κ1) is 6.01. The molecule has 1 aliphatic rings. The van der Waals surface area contributed by atoms with Crippen LogP contribution in [0.15, 0.2) is 0 Å². The van der Waals surface area contributed by atoms with Crippen LogP contribution in [0.1, 0.15) is 6.42 Å². The van der Waals surface area contributed by atoms with Crippen LogP contribution in [0, 0.1) is 0 Å². The number of ether oxygens (including phenoxy) is 1. The lowest BCUT2D eigenvalue weighted by atomic mass is 10.1. The second kappa shape index (κ2) is 2.44. The van der Waals surface area contributed by atoms with Crippen molar-refractivity contribution in [3.63, 3.8) is 0 Å². The van der Waals surface area contributed by atoms with Crippen LogP contribution < -0.4 is 5.73 Å². The molecule has 3 heteroatoms. The normalized spacial score (nSPS) is 39.8. The topological polar surface area (TPSA) is 55.5 Å². The number of rotatable bonds is 0. The monoisotopic (exact) mass is 117 g/mol. The van der Waals surface area contributed by atoms with Crippen molar-refractivity contribution in [1.82, 2.24) is 0 Å². The smallest absolute Gasteiger partial charge is 0.0789 e. The van der Waals surface area contributed by atoms with Crippen LogP contribution in [0.5, 0.6) is 0 Å². The second-order valence-corrected chi connectivity index (χ2v) is 2.19. The van der Waals surface area contributed by atoms with Gasteiger partial charge >= 0.3 is 0 Å². The number of hydrogen-bond donors (Lipinski definition) is 2. The fraction of sp³-hybridized carbons (Fsp3) is 1.00. The zero-order valence-electron chi connectivity index (χ0n) is 4.71. The molecule has 0 aliphatic carbocycles. The van der Waals surface area contributed by atoms with Crippen LogP contribution in [0.25, 0.3) is 0 Å². The molecule has 2 atom stereocenters. The molecular formula is C5H11NO2. The Morgan fingerprint density at radius 3 is 2.62 bits per heavy atom. The van der Waals surface area contributed by atoms with Crippen molar-refractivity contribution in [3.8, 4) is 0 Å². The van der Waals surface area contributed by atoms with Crippen molar-refractivity contribution in [2.45, 2.75) is 18.6 Å². The van der Waals surface area contributed by atoms with Gasteiger partial charge in [0.1, 0.15) is 0 Å². The number of aliphatic hydroxyl groups is 1. The lowest BCUT2D eigenvalue weighted by Gasteiger charge is -2.22. The number of hydrogen-bond acceptors (Lipinski definition) is 3. The molecule has 48 valence electrons. The molecule has 8 heavy (non-hydrogen) atoms. The lowest BCUT2D eigenvalue weighted by molar-refractivity contribution is -0.0154. The van der Waals surface area contributed by atoms with E-state index in [0.717, 1.165) is 0 Å². The first-order chi connectivity index (χ1) is 3.79. The minimum atomic E-state index is -0.334. The summed E-state index contributed by atoms with van der Waals surface area (Å²) < 4.78 is 4.92. The van der Waals surface area contributed by atoms with E-state index in [4.69, 9.17) is 15.6 Å². The maximum absolute atomic E-state index is 8.87. The molecule has 1 saturated heterocycles. The third-order valence-electron chi connectivity index (χ3n) is 1.22. The SMILES string of the molecule is N[C@H]1COC[C@@H](O)C1. The predicted molar refractivity (Wildman–Crippen MR) is 29.4 cm³/mol. The fourth-order valence-corrected chi connectivity index (χ4v) is 0.841. The van der Waals surface area contributed by atoms with E-state index in [1.165, 1.54) is 0 Å².